The molecule has 2 aliphatic rings. The lowest BCUT2D eigenvalue weighted by Gasteiger charge is -2.31. The maximum Gasteiger partial charge on any atom is 0.101 e. The van der Waals surface area contributed by atoms with E-state index in [9.17, 15) is 0 Å². The quantitative estimate of drug-likeness (QED) is 0.768. The van der Waals surface area contributed by atoms with Gasteiger partial charge in [0.25, 0.3) is 0 Å². The van der Waals surface area contributed by atoms with Crippen LogP contribution < -0.4 is 5.32 Å². The number of nitrogens with one attached hydrogen (secondary N) is 1. The summed E-state index contributed by atoms with van der Waals surface area (Å²) >= 11 is 0. The summed E-state index contributed by atoms with van der Waals surface area (Å²) in [6.07, 6.45) is 5.28. The number of aromatic nitrogens is 1. The maximum absolute atomic E-state index is 8.98. The topological polar surface area (TPSA) is 48.7 Å². The molecule has 0 aromatic carbocycles. The van der Waals surface area contributed by atoms with E-state index in [2.05, 4.69) is 22.4 Å². The van der Waals surface area contributed by atoms with Crippen LogP contribution in [-0.2, 0) is 0 Å². The van der Waals surface area contributed by atoms with Crippen molar-refractivity contribution in [1.29, 1.82) is 5.26 Å². The highest BCUT2D eigenvalue weighted by Gasteiger charge is 2.34. The third kappa shape index (κ3) is 1.35. The molecule has 3 rings (SSSR count). The van der Waals surface area contributed by atoms with Crippen LogP contribution in [0.4, 0.5) is 0 Å². The third-order valence-electron chi connectivity index (χ3n) is 3.56. The van der Waals surface area contributed by atoms with Crippen molar-refractivity contribution < 1.29 is 0 Å². The van der Waals surface area contributed by atoms with Gasteiger partial charge < -0.3 is 5.32 Å². The minimum absolute atomic E-state index is 0.557. The third-order valence-corrected chi connectivity index (χ3v) is 3.56. The van der Waals surface area contributed by atoms with Crippen LogP contribution in [0.15, 0.2) is 18.3 Å². The van der Waals surface area contributed by atoms with Crippen LogP contribution in [0.1, 0.15) is 23.2 Å². The van der Waals surface area contributed by atoms with Gasteiger partial charge in [-0.25, -0.2) is 0 Å². The molecular formula is C13H13N3. The van der Waals surface area contributed by atoms with E-state index in [1.165, 1.54) is 5.57 Å². The fourth-order valence-electron chi connectivity index (χ4n) is 2.42. The maximum atomic E-state index is 8.98. The van der Waals surface area contributed by atoms with Crippen molar-refractivity contribution in [3.05, 3.63) is 35.2 Å². The number of nitrogens with zero attached hydrogens (tertiary/aromatic N) is 2. The normalized spacial score (nSPS) is 26.6. The molecular weight excluding hydrogens is 198 g/mol. The van der Waals surface area contributed by atoms with E-state index in [1.807, 2.05) is 19.2 Å². The highest BCUT2D eigenvalue weighted by Crippen LogP contribution is 2.36. The summed E-state index contributed by atoms with van der Waals surface area (Å²) in [7, 11) is 0. The molecule has 3 nitrogen and oxygen atoms in total. The molecule has 2 unspecified atom stereocenters. The second-order valence-corrected chi connectivity index (χ2v) is 4.56. The van der Waals surface area contributed by atoms with Crippen LogP contribution in [-0.4, -0.2) is 17.6 Å². The Balaban J connectivity index is 1.96. The Morgan fingerprint density at radius 3 is 3.00 bits per heavy atom. The molecule has 1 saturated heterocycles. The van der Waals surface area contributed by atoms with Gasteiger partial charge in [0.1, 0.15) is 6.07 Å². The predicted octanol–water partition coefficient (Wildman–Crippen LogP) is 1.64. The van der Waals surface area contributed by atoms with Crippen LogP contribution in [0, 0.1) is 24.2 Å². The molecule has 0 bridgehead atoms. The van der Waals surface area contributed by atoms with Crippen molar-refractivity contribution in [2.24, 2.45) is 5.92 Å². The highest BCUT2D eigenvalue weighted by molar-refractivity contribution is 5.70. The largest absolute Gasteiger partial charge is 0.310 e. The lowest BCUT2D eigenvalue weighted by molar-refractivity contribution is 0.301. The van der Waals surface area contributed by atoms with E-state index in [0.717, 1.165) is 30.1 Å². The van der Waals surface area contributed by atoms with Gasteiger partial charge in [0, 0.05) is 18.8 Å². The molecule has 2 atom stereocenters. The average Bonchev–Trinajstić information content (AvgIpc) is 2.56. The van der Waals surface area contributed by atoms with Gasteiger partial charge in [0.15, 0.2) is 0 Å². The first-order chi connectivity index (χ1) is 7.78. The molecule has 0 spiro atoms. The van der Waals surface area contributed by atoms with E-state index in [-0.39, 0.29) is 0 Å². The monoisotopic (exact) mass is 211 g/mol. The second-order valence-electron chi connectivity index (χ2n) is 4.56. The molecule has 1 aliphatic heterocycles. The van der Waals surface area contributed by atoms with E-state index in [0.29, 0.717) is 11.6 Å². The number of hydrogen-bond acceptors (Lipinski definition) is 3. The van der Waals surface area contributed by atoms with Crippen molar-refractivity contribution in [3.63, 3.8) is 0 Å². The van der Waals surface area contributed by atoms with Crippen LogP contribution in [0.2, 0.25) is 0 Å². The Kier molecular flexibility index (Phi) is 2.05. The lowest BCUT2D eigenvalue weighted by Crippen LogP contribution is -2.49. The van der Waals surface area contributed by atoms with Gasteiger partial charge in [-0.1, -0.05) is 6.08 Å². The highest BCUT2D eigenvalue weighted by atomic mass is 15.0. The summed E-state index contributed by atoms with van der Waals surface area (Å²) in [5.74, 6) is 0.766. The van der Waals surface area contributed by atoms with Crippen LogP contribution in [0.25, 0.3) is 5.57 Å². The molecule has 1 fully saturated rings. The summed E-state index contributed by atoms with van der Waals surface area (Å²) in [6.45, 7) is 2.99. The average molecular weight is 211 g/mol. The smallest absolute Gasteiger partial charge is 0.101 e. The number of nitriles is 1. The Hall–Kier alpha value is -1.66. The Morgan fingerprint density at radius 1 is 1.56 bits per heavy atom. The van der Waals surface area contributed by atoms with Crippen molar-refractivity contribution in [1.82, 2.24) is 10.3 Å². The number of rotatable bonds is 1. The van der Waals surface area contributed by atoms with Crippen LogP contribution in [0.5, 0.6) is 0 Å². The van der Waals surface area contributed by atoms with E-state index >= 15 is 0 Å². The van der Waals surface area contributed by atoms with Gasteiger partial charge in [0.05, 0.1) is 11.3 Å². The summed E-state index contributed by atoms with van der Waals surface area (Å²) in [5, 5.41) is 12.4. The first kappa shape index (κ1) is 9.56. The summed E-state index contributed by atoms with van der Waals surface area (Å²) in [4.78, 5) is 4.28. The van der Waals surface area contributed by atoms with E-state index in [1.54, 1.807) is 0 Å². The standard InChI is InChI=1S/C13H13N3/c1-8-10(5-14)3-11(6-15-8)9-2-12-7-16-13(12)4-9/h3-4,6,12-13,16H,2,7H2,1H3. The van der Waals surface area contributed by atoms with Crippen LogP contribution in [0.3, 0.4) is 0 Å². The van der Waals surface area contributed by atoms with Gasteiger partial charge in [-0.3, -0.25) is 4.98 Å². The number of fused-ring (bicyclic) bond motifs is 1. The van der Waals surface area contributed by atoms with Crippen molar-refractivity contribution >= 4 is 5.57 Å². The Morgan fingerprint density at radius 2 is 2.44 bits per heavy atom. The minimum atomic E-state index is 0.557. The molecule has 0 amide bonds. The zero-order valence-corrected chi connectivity index (χ0v) is 9.20. The molecule has 1 aliphatic carbocycles. The number of aryl methyl sites for hydroxylation is 1. The van der Waals surface area contributed by atoms with Gasteiger partial charge in [-0.15, -0.1) is 0 Å². The van der Waals surface area contributed by atoms with Crippen molar-refractivity contribution in [2.45, 2.75) is 19.4 Å². The molecule has 1 N–H and O–H groups in total. The lowest BCUT2D eigenvalue weighted by atomic mass is 9.93. The molecule has 80 valence electrons. The van der Waals surface area contributed by atoms with E-state index in [4.69, 9.17) is 5.26 Å². The Bertz CT molecular complexity index is 510. The zero-order chi connectivity index (χ0) is 11.1. The second kappa shape index (κ2) is 3.43. The number of hydrogen-bond donors (Lipinski definition) is 1. The molecule has 1 aromatic rings. The van der Waals surface area contributed by atoms with Crippen molar-refractivity contribution in [2.75, 3.05) is 6.54 Å². The van der Waals surface area contributed by atoms with Crippen LogP contribution >= 0.6 is 0 Å². The van der Waals surface area contributed by atoms with E-state index < -0.39 is 0 Å². The summed E-state index contributed by atoms with van der Waals surface area (Å²) < 4.78 is 0. The summed E-state index contributed by atoms with van der Waals surface area (Å²) in [5.41, 5.74) is 3.94. The predicted molar refractivity (Wildman–Crippen MR) is 61.6 cm³/mol. The van der Waals surface area contributed by atoms with Crippen molar-refractivity contribution in [3.8, 4) is 6.07 Å². The SMILES string of the molecule is Cc1ncc(C2=CC3NCC3C2)cc1C#N. The number of allylic oxidation sites excluding steroid dienone is 1. The molecule has 0 radical (unpaired) electrons. The van der Waals surface area contributed by atoms with Gasteiger partial charge in [-0.05, 0) is 36.5 Å². The molecule has 16 heavy (non-hydrogen) atoms. The van der Waals surface area contributed by atoms with Gasteiger partial charge >= 0.3 is 0 Å². The first-order valence-corrected chi connectivity index (χ1v) is 5.59. The molecule has 3 heteroatoms. The fourth-order valence-corrected chi connectivity index (χ4v) is 2.42. The summed E-state index contributed by atoms with van der Waals surface area (Å²) in [6, 6.07) is 4.71. The Labute approximate surface area is 94.8 Å². The molecule has 2 heterocycles. The van der Waals surface area contributed by atoms with Gasteiger partial charge in [0.2, 0.25) is 0 Å². The molecule has 0 saturated carbocycles. The zero-order valence-electron chi connectivity index (χ0n) is 9.20. The number of pyridine rings is 1. The molecule has 1 aromatic heterocycles. The minimum Gasteiger partial charge on any atom is -0.310 e. The fraction of sp³-hybridized carbons (Fsp3) is 0.385. The first-order valence-electron chi connectivity index (χ1n) is 5.59. The van der Waals surface area contributed by atoms with Gasteiger partial charge in [-0.2, -0.15) is 5.26 Å².